The first-order chi connectivity index (χ1) is 10.0. The first kappa shape index (κ1) is 15.1. The molecule has 0 bridgehead atoms. The Morgan fingerprint density at radius 2 is 1.86 bits per heavy atom. The minimum absolute atomic E-state index is 0.0301. The van der Waals surface area contributed by atoms with Crippen LogP contribution < -0.4 is 10.6 Å². The predicted octanol–water partition coefficient (Wildman–Crippen LogP) is 2.82. The standard InChI is InChI=1S/C15H14BrN3O2/c1-19(15(20)11-3-2-4-12(16)9-11)13-7-5-10(6-8-13)14(17)18-21/h2-9,21H,1H3,(H2,17,18). The minimum Gasteiger partial charge on any atom is -0.409 e. The maximum atomic E-state index is 12.4. The van der Waals surface area contributed by atoms with Crippen LogP contribution in [-0.4, -0.2) is 24.0 Å². The van der Waals surface area contributed by atoms with Crippen LogP contribution in [0.4, 0.5) is 5.69 Å². The maximum absolute atomic E-state index is 12.4. The third-order valence-electron chi connectivity index (χ3n) is 3.03. The normalized spacial score (nSPS) is 11.2. The fraction of sp³-hybridized carbons (Fsp3) is 0.0667. The molecule has 5 nitrogen and oxygen atoms in total. The van der Waals surface area contributed by atoms with Crippen molar-refractivity contribution < 1.29 is 10.0 Å². The van der Waals surface area contributed by atoms with Crippen LogP contribution in [0.15, 0.2) is 58.2 Å². The van der Waals surface area contributed by atoms with Gasteiger partial charge in [-0.1, -0.05) is 27.2 Å². The summed E-state index contributed by atoms with van der Waals surface area (Å²) in [5, 5.41) is 11.6. The second-order valence-electron chi connectivity index (χ2n) is 4.41. The van der Waals surface area contributed by atoms with Crippen molar-refractivity contribution in [3.05, 3.63) is 64.1 Å². The SMILES string of the molecule is CN(C(=O)c1cccc(Br)c1)c1ccc(C(N)=NO)cc1. The van der Waals surface area contributed by atoms with Gasteiger partial charge in [-0.2, -0.15) is 0 Å². The first-order valence-electron chi connectivity index (χ1n) is 6.14. The molecule has 0 aliphatic carbocycles. The number of carbonyl (C=O) groups excluding carboxylic acids is 1. The lowest BCUT2D eigenvalue weighted by molar-refractivity contribution is 0.0993. The summed E-state index contributed by atoms with van der Waals surface area (Å²) in [6, 6.07) is 14.1. The molecule has 21 heavy (non-hydrogen) atoms. The highest BCUT2D eigenvalue weighted by Crippen LogP contribution is 2.18. The Balaban J connectivity index is 2.23. The zero-order valence-electron chi connectivity index (χ0n) is 11.3. The van der Waals surface area contributed by atoms with Gasteiger partial charge >= 0.3 is 0 Å². The Morgan fingerprint density at radius 3 is 2.43 bits per heavy atom. The van der Waals surface area contributed by atoms with Crippen LogP contribution in [0, 0.1) is 0 Å². The topological polar surface area (TPSA) is 78.9 Å². The molecule has 0 saturated carbocycles. The van der Waals surface area contributed by atoms with Gasteiger partial charge in [0.2, 0.25) is 0 Å². The minimum atomic E-state index is -0.118. The van der Waals surface area contributed by atoms with Gasteiger partial charge < -0.3 is 15.8 Å². The van der Waals surface area contributed by atoms with Crippen LogP contribution in [0.3, 0.4) is 0 Å². The first-order valence-corrected chi connectivity index (χ1v) is 6.94. The molecule has 0 heterocycles. The van der Waals surface area contributed by atoms with E-state index in [9.17, 15) is 4.79 Å². The molecule has 0 spiro atoms. The zero-order chi connectivity index (χ0) is 15.4. The molecule has 108 valence electrons. The average Bonchev–Trinajstić information content (AvgIpc) is 2.53. The second kappa shape index (κ2) is 6.41. The Bertz CT molecular complexity index is 684. The number of rotatable bonds is 3. The lowest BCUT2D eigenvalue weighted by Gasteiger charge is -2.18. The number of benzene rings is 2. The lowest BCUT2D eigenvalue weighted by Crippen LogP contribution is -2.26. The number of nitrogens with zero attached hydrogens (tertiary/aromatic N) is 2. The summed E-state index contributed by atoms with van der Waals surface area (Å²) >= 11 is 3.35. The van der Waals surface area contributed by atoms with E-state index in [0.717, 1.165) is 10.2 Å². The van der Waals surface area contributed by atoms with Crippen molar-refractivity contribution in [1.29, 1.82) is 0 Å². The molecule has 0 atom stereocenters. The lowest BCUT2D eigenvalue weighted by atomic mass is 10.1. The third kappa shape index (κ3) is 3.41. The molecule has 2 aromatic rings. The van der Waals surface area contributed by atoms with Crippen molar-refractivity contribution in [2.45, 2.75) is 0 Å². The third-order valence-corrected chi connectivity index (χ3v) is 3.53. The van der Waals surface area contributed by atoms with Crippen LogP contribution in [0.2, 0.25) is 0 Å². The van der Waals surface area contributed by atoms with Crippen molar-refractivity contribution in [3.8, 4) is 0 Å². The predicted molar refractivity (Wildman–Crippen MR) is 85.8 cm³/mol. The van der Waals surface area contributed by atoms with Gasteiger partial charge in [-0.25, -0.2) is 0 Å². The summed E-state index contributed by atoms with van der Waals surface area (Å²) in [5.41, 5.74) is 7.40. The number of hydrogen-bond donors (Lipinski definition) is 2. The van der Waals surface area contributed by atoms with Crippen molar-refractivity contribution >= 4 is 33.4 Å². The Kier molecular flexibility index (Phi) is 4.59. The van der Waals surface area contributed by atoms with Gasteiger partial charge in [-0.3, -0.25) is 4.79 Å². The molecular formula is C15H14BrN3O2. The van der Waals surface area contributed by atoms with Crippen LogP contribution in [0.5, 0.6) is 0 Å². The fourth-order valence-corrected chi connectivity index (χ4v) is 2.25. The Morgan fingerprint density at radius 1 is 1.19 bits per heavy atom. The number of amidine groups is 1. The van der Waals surface area contributed by atoms with Gasteiger partial charge in [0.1, 0.15) is 0 Å². The molecule has 0 aromatic heterocycles. The van der Waals surface area contributed by atoms with E-state index in [4.69, 9.17) is 10.9 Å². The number of anilines is 1. The summed E-state index contributed by atoms with van der Waals surface area (Å²) in [6.45, 7) is 0. The molecular weight excluding hydrogens is 334 g/mol. The summed E-state index contributed by atoms with van der Waals surface area (Å²) in [4.78, 5) is 13.9. The second-order valence-corrected chi connectivity index (χ2v) is 5.32. The highest BCUT2D eigenvalue weighted by atomic mass is 79.9. The summed E-state index contributed by atoms with van der Waals surface area (Å²) in [6.07, 6.45) is 0. The van der Waals surface area contributed by atoms with Crippen molar-refractivity contribution in [3.63, 3.8) is 0 Å². The fourth-order valence-electron chi connectivity index (χ4n) is 1.85. The van der Waals surface area contributed by atoms with Crippen LogP contribution in [0.1, 0.15) is 15.9 Å². The van der Waals surface area contributed by atoms with Crippen molar-refractivity contribution in [2.24, 2.45) is 10.9 Å². The summed E-state index contributed by atoms with van der Waals surface area (Å²) < 4.78 is 0.851. The Labute approximate surface area is 130 Å². The van der Waals surface area contributed by atoms with E-state index in [1.165, 1.54) is 4.90 Å². The van der Waals surface area contributed by atoms with Gasteiger partial charge in [0.05, 0.1) is 0 Å². The maximum Gasteiger partial charge on any atom is 0.258 e. The van der Waals surface area contributed by atoms with Crippen LogP contribution >= 0.6 is 15.9 Å². The van der Waals surface area contributed by atoms with Crippen molar-refractivity contribution in [2.75, 3.05) is 11.9 Å². The van der Waals surface area contributed by atoms with E-state index in [1.54, 1.807) is 43.4 Å². The number of oxime groups is 1. The number of halogens is 1. The van der Waals surface area contributed by atoms with Gasteiger partial charge in [-0.05, 0) is 42.5 Å². The molecule has 0 unspecified atom stereocenters. The average molecular weight is 348 g/mol. The van der Waals surface area contributed by atoms with Gasteiger partial charge in [-0.15, -0.1) is 0 Å². The van der Waals surface area contributed by atoms with Crippen molar-refractivity contribution in [1.82, 2.24) is 0 Å². The van der Waals surface area contributed by atoms with E-state index in [2.05, 4.69) is 21.1 Å². The van der Waals surface area contributed by atoms with Crippen LogP contribution in [-0.2, 0) is 0 Å². The summed E-state index contributed by atoms with van der Waals surface area (Å²) in [5.74, 6) is -0.0876. The van der Waals surface area contributed by atoms with E-state index >= 15 is 0 Å². The Hall–Kier alpha value is -2.34. The van der Waals surface area contributed by atoms with E-state index in [-0.39, 0.29) is 11.7 Å². The summed E-state index contributed by atoms with van der Waals surface area (Å²) in [7, 11) is 1.70. The van der Waals surface area contributed by atoms with Gasteiger partial charge in [0.25, 0.3) is 5.91 Å². The highest BCUT2D eigenvalue weighted by Gasteiger charge is 2.13. The van der Waals surface area contributed by atoms with Crippen LogP contribution in [0.25, 0.3) is 0 Å². The zero-order valence-corrected chi connectivity index (χ0v) is 12.9. The molecule has 0 radical (unpaired) electrons. The van der Waals surface area contributed by atoms with E-state index < -0.39 is 0 Å². The molecule has 0 fully saturated rings. The molecule has 0 aliphatic rings. The molecule has 1 amide bonds. The van der Waals surface area contributed by atoms with Gasteiger partial charge in [0, 0.05) is 28.3 Å². The molecule has 0 saturated heterocycles. The van der Waals surface area contributed by atoms with E-state index in [0.29, 0.717) is 11.1 Å². The van der Waals surface area contributed by atoms with E-state index in [1.807, 2.05) is 12.1 Å². The number of amides is 1. The monoisotopic (exact) mass is 347 g/mol. The molecule has 2 aromatic carbocycles. The van der Waals surface area contributed by atoms with Gasteiger partial charge in [0.15, 0.2) is 5.84 Å². The molecule has 3 N–H and O–H groups in total. The smallest absolute Gasteiger partial charge is 0.258 e. The highest BCUT2D eigenvalue weighted by molar-refractivity contribution is 9.10. The largest absolute Gasteiger partial charge is 0.409 e. The molecule has 2 rings (SSSR count). The molecule has 0 aliphatic heterocycles. The number of hydrogen-bond acceptors (Lipinski definition) is 3. The quantitative estimate of drug-likeness (QED) is 0.387. The number of nitrogens with two attached hydrogens (primary N) is 1. The molecule has 6 heteroatoms. The number of carbonyl (C=O) groups is 1.